The van der Waals surface area contributed by atoms with Gasteiger partial charge in [-0.05, 0) is 45.0 Å². The highest BCUT2D eigenvalue weighted by molar-refractivity contribution is 5.77. The van der Waals surface area contributed by atoms with E-state index in [2.05, 4.69) is 17.3 Å². The molecule has 2 aromatic rings. The first-order valence-electron chi connectivity index (χ1n) is 11.3. The molecule has 0 aliphatic carbocycles. The van der Waals surface area contributed by atoms with E-state index in [4.69, 9.17) is 14.7 Å². The number of hydrogen-bond acceptors (Lipinski definition) is 6. The Hall–Kier alpha value is -2.67. The van der Waals surface area contributed by atoms with Gasteiger partial charge in [-0.25, -0.2) is 9.97 Å². The van der Waals surface area contributed by atoms with E-state index in [-0.39, 0.29) is 5.91 Å². The number of para-hydroxylation sites is 1. The van der Waals surface area contributed by atoms with E-state index in [0.29, 0.717) is 32.0 Å². The molecule has 3 heterocycles. The average Bonchev–Trinajstić information content (AvgIpc) is 2.79. The van der Waals surface area contributed by atoms with Gasteiger partial charge in [0, 0.05) is 38.0 Å². The minimum Gasteiger partial charge on any atom is -0.493 e. The maximum absolute atomic E-state index is 12.8. The first kappa shape index (κ1) is 21.6. The number of likely N-dealkylation sites (tertiary alicyclic amines) is 1. The van der Waals surface area contributed by atoms with E-state index < -0.39 is 0 Å². The van der Waals surface area contributed by atoms with Crippen LogP contribution >= 0.6 is 0 Å². The molecule has 0 radical (unpaired) electrons. The number of amides is 1. The Balaban J connectivity index is 1.40. The van der Waals surface area contributed by atoms with Gasteiger partial charge < -0.3 is 19.9 Å². The van der Waals surface area contributed by atoms with Crippen molar-refractivity contribution < 1.29 is 9.53 Å². The molecular formula is C24H33N5O2. The summed E-state index contributed by atoms with van der Waals surface area (Å²) in [5.74, 6) is 3.14. The number of carbonyl (C=O) groups is 1. The van der Waals surface area contributed by atoms with Gasteiger partial charge in [-0.2, -0.15) is 0 Å². The quantitative estimate of drug-likeness (QED) is 0.770. The number of piperidine rings is 1. The number of ether oxygens (including phenoxy) is 1. The normalized spacial score (nSPS) is 19.1. The Morgan fingerprint density at radius 1 is 1.26 bits per heavy atom. The lowest BCUT2D eigenvalue weighted by Crippen LogP contribution is -2.38. The zero-order valence-electron chi connectivity index (χ0n) is 18.9. The number of aryl methyl sites for hydroxylation is 1. The van der Waals surface area contributed by atoms with E-state index in [1.165, 1.54) is 6.42 Å². The lowest BCUT2D eigenvalue weighted by Gasteiger charge is -2.32. The minimum absolute atomic E-state index is 0.110. The molecule has 0 bridgehead atoms. The van der Waals surface area contributed by atoms with Crippen LogP contribution in [0.15, 0.2) is 24.3 Å². The SMILES string of the molecule is CNc1nc(C2CCCN(C)C2)nc2c1CN(C(=O)CCOc1ccccc1C)CC2. The molecule has 1 aromatic carbocycles. The summed E-state index contributed by atoms with van der Waals surface area (Å²) in [6, 6.07) is 7.88. The number of likely N-dealkylation sites (N-methyl/N-ethyl adjacent to an activating group) is 1. The predicted molar refractivity (Wildman–Crippen MR) is 121 cm³/mol. The van der Waals surface area contributed by atoms with Crippen molar-refractivity contribution in [1.29, 1.82) is 0 Å². The molecule has 1 N–H and O–H groups in total. The Labute approximate surface area is 184 Å². The second-order valence-electron chi connectivity index (χ2n) is 8.64. The monoisotopic (exact) mass is 423 g/mol. The summed E-state index contributed by atoms with van der Waals surface area (Å²) in [5, 5.41) is 3.25. The standard InChI is InChI=1S/C24H33N5O2/c1-17-7-4-5-9-21(17)31-14-11-22(30)29-13-10-20-19(16-29)24(25-2)27-23(26-20)18-8-6-12-28(3)15-18/h4-5,7,9,18H,6,8,10-16H2,1-3H3,(H,25,26,27). The Bertz CT molecular complexity index is 915. The summed E-state index contributed by atoms with van der Waals surface area (Å²) < 4.78 is 5.82. The molecule has 31 heavy (non-hydrogen) atoms. The van der Waals surface area contributed by atoms with E-state index in [0.717, 1.165) is 60.1 Å². The number of nitrogens with zero attached hydrogens (tertiary/aromatic N) is 4. The fraction of sp³-hybridized carbons (Fsp3) is 0.542. The lowest BCUT2D eigenvalue weighted by atomic mass is 9.96. The van der Waals surface area contributed by atoms with Crippen molar-refractivity contribution >= 4 is 11.7 Å². The van der Waals surface area contributed by atoms with Crippen molar-refractivity contribution in [1.82, 2.24) is 19.8 Å². The summed E-state index contributed by atoms with van der Waals surface area (Å²) in [7, 11) is 4.06. The second kappa shape index (κ2) is 9.64. The summed E-state index contributed by atoms with van der Waals surface area (Å²) in [6.45, 7) is 5.80. The number of hydrogen-bond donors (Lipinski definition) is 1. The van der Waals surface area contributed by atoms with Crippen LogP contribution in [0.3, 0.4) is 0 Å². The van der Waals surface area contributed by atoms with Crippen molar-refractivity contribution in [3.8, 4) is 5.75 Å². The van der Waals surface area contributed by atoms with Gasteiger partial charge in [0.1, 0.15) is 17.4 Å². The molecule has 1 amide bonds. The molecule has 7 nitrogen and oxygen atoms in total. The number of fused-ring (bicyclic) bond motifs is 1. The molecule has 1 saturated heterocycles. The zero-order valence-corrected chi connectivity index (χ0v) is 18.9. The van der Waals surface area contributed by atoms with Gasteiger partial charge in [0.15, 0.2) is 0 Å². The lowest BCUT2D eigenvalue weighted by molar-refractivity contribution is -0.132. The third-order valence-electron chi connectivity index (χ3n) is 6.32. The number of carbonyl (C=O) groups excluding carboxylic acids is 1. The largest absolute Gasteiger partial charge is 0.493 e. The van der Waals surface area contributed by atoms with Gasteiger partial charge >= 0.3 is 0 Å². The zero-order chi connectivity index (χ0) is 21.8. The van der Waals surface area contributed by atoms with E-state index in [9.17, 15) is 4.79 Å². The first-order valence-corrected chi connectivity index (χ1v) is 11.3. The number of nitrogens with one attached hydrogen (secondary N) is 1. The fourth-order valence-corrected chi connectivity index (χ4v) is 4.54. The average molecular weight is 424 g/mol. The molecular weight excluding hydrogens is 390 g/mol. The predicted octanol–water partition coefficient (Wildman–Crippen LogP) is 2.99. The van der Waals surface area contributed by atoms with Crippen LogP contribution in [-0.4, -0.2) is 66.0 Å². The maximum atomic E-state index is 12.8. The van der Waals surface area contributed by atoms with Crippen LogP contribution in [-0.2, 0) is 17.8 Å². The molecule has 7 heteroatoms. The highest BCUT2D eigenvalue weighted by Crippen LogP contribution is 2.29. The number of rotatable bonds is 6. The van der Waals surface area contributed by atoms with Crippen LogP contribution in [0.25, 0.3) is 0 Å². The molecule has 1 unspecified atom stereocenters. The molecule has 0 spiro atoms. The molecule has 1 aromatic heterocycles. The first-order chi connectivity index (χ1) is 15.0. The summed E-state index contributed by atoms with van der Waals surface area (Å²) in [6.07, 6.45) is 3.46. The summed E-state index contributed by atoms with van der Waals surface area (Å²) >= 11 is 0. The molecule has 2 aliphatic heterocycles. The Morgan fingerprint density at radius 3 is 2.87 bits per heavy atom. The summed E-state index contributed by atoms with van der Waals surface area (Å²) in [5.41, 5.74) is 3.22. The van der Waals surface area contributed by atoms with E-state index >= 15 is 0 Å². The Kier molecular flexibility index (Phi) is 6.70. The number of anilines is 1. The van der Waals surface area contributed by atoms with E-state index in [1.807, 2.05) is 43.1 Å². The minimum atomic E-state index is 0.110. The number of benzene rings is 1. The highest BCUT2D eigenvalue weighted by atomic mass is 16.5. The van der Waals surface area contributed by atoms with Gasteiger partial charge in [-0.1, -0.05) is 18.2 Å². The highest BCUT2D eigenvalue weighted by Gasteiger charge is 2.28. The van der Waals surface area contributed by atoms with Crippen molar-refractivity contribution in [3.63, 3.8) is 0 Å². The van der Waals surface area contributed by atoms with Gasteiger partial charge in [-0.15, -0.1) is 0 Å². The van der Waals surface area contributed by atoms with Crippen molar-refractivity contribution in [2.75, 3.05) is 45.7 Å². The molecule has 0 saturated carbocycles. The van der Waals surface area contributed by atoms with Crippen LogP contribution in [0.4, 0.5) is 5.82 Å². The third-order valence-corrected chi connectivity index (χ3v) is 6.32. The molecule has 1 fully saturated rings. The maximum Gasteiger partial charge on any atom is 0.226 e. The van der Waals surface area contributed by atoms with Crippen molar-refractivity contribution in [2.24, 2.45) is 0 Å². The topological polar surface area (TPSA) is 70.6 Å². The van der Waals surface area contributed by atoms with Gasteiger partial charge in [0.2, 0.25) is 5.91 Å². The number of aromatic nitrogens is 2. The molecule has 166 valence electrons. The third kappa shape index (κ3) is 4.98. The van der Waals surface area contributed by atoms with Crippen LogP contribution in [0, 0.1) is 6.92 Å². The summed E-state index contributed by atoms with van der Waals surface area (Å²) in [4.78, 5) is 26.9. The smallest absolute Gasteiger partial charge is 0.226 e. The van der Waals surface area contributed by atoms with Gasteiger partial charge in [0.25, 0.3) is 0 Å². The van der Waals surface area contributed by atoms with Crippen molar-refractivity contribution in [2.45, 2.75) is 45.1 Å². The Morgan fingerprint density at radius 2 is 2.10 bits per heavy atom. The molecule has 2 aliphatic rings. The van der Waals surface area contributed by atoms with Crippen molar-refractivity contribution in [3.05, 3.63) is 46.9 Å². The van der Waals surface area contributed by atoms with E-state index in [1.54, 1.807) is 0 Å². The molecule has 1 atom stereocenters. The molecule has 4 rings (SSSR count). The fourth-order valence-electron chi connectivity index (χ4n) is 4.54. The van der Waals surface area contributed by atoms with Gasteiger partial charge in [-0.3, -0.25) is 4.79 Å². The van der Waals surface area contributed by atoms with Crippen LogP contribution in [0.5, 0.6) is 5.75 Å². The second-order valence-corrected chi connectivity index (χ2v) is 8.64. The van der Waals surface area contributed by atoms with Crippen LogP contribution in [0.1, 0.15) is 47.8 Å². The van der Waals surface area contributed by atoms with Gasteiger partial charge in [0.05, 0.1) is 25.3 Å². The van der Waals surface area contributed by atoms with Crippen LogP contribution in [0.2, 0.25) is 0 Å². The van der Waals surface area contributed by atoms with Crippen LogP contribution < -0.4 is 10.1 Å².